The molecule has 2 saturated carbocycles. The van der Waals surface area contributed by atoms with Gasteiger partial charge in [-0.2, -0.15) is 0 Å². The highest BCUT2D eigenvalue weighted by molar-refractivity contribution is 7.99. The number of carbonyl (C=O) groups excluding carboxylic acids is 1. The molecule has 27 heavy (non-hydrogen) atoms. The molecule has 2 bridgehead atoms. The van der Waals surface area contributed by atoms with Gasteiger partial charge in [0.15, 0.2) is 5.75 Å². The molecule has 0 aromatic heterocycles. The molecule has 8 heteroatoms. The van der Waals surface area contributed by atoms with E-state index < -0.39 is 4.92 Å². The third-order valence-electron chi connectivity index (χ3n) is 5.65. The smallest absolute Gasteiger partial charge is 0.311 e. The van der Waals surface area contributed by atoms with Gasteiger partial charge in [0.25, 0.3) is 0 Å². The Labute approximate surface area is 163 Å². The summed E-state index contributed by atoms with van der Waals surface area (Å²) < 4.78 is 5.01. The SMILES string of the molecule is COc1ccc(CSCC(=O)NC2C3CCCC2CC(N)C3)cc1[N+](=O)[O-]. The summed E-state index contributed by atoms with van der Waals surface area (Å²) in [6.07, 6.45) is 5.54. The highest BCUT2D eigenvalue weighted by Gasteiger charge is 2.39. The number of nitrogens with one attached hydrogen (secondary N) is 1. The number of amides is 1. The molecule has 3 rings (SSSR count). The fraction of sp³-hybridized carbons (Fsp3) is 0.632. The molecule has 148 valence electrons. The number of ether oxygens (including phenoxy) is 1. The van der Waals surface area contributed by atoms with E-state index in [-0.39, 0.29) is 29.4 Å². The summed E-state index contributed by atoms with van der Waals surface area (Å²) >= 11 is 1.47. The lowest BCUT2D eigenvalue weighted by atomic mass is 9.67. The van der Waals surface area contributed by atoms with Crippen LogP contribution in [0.3, 0.4) is 0 Å². The van der Waals surface area contributed by atoms with Crippen LogP contribution in [0.5, 0.6) is 5.75 Å². The van der Waals surface area contributed by atoms with E-state index in [9.17, 15) is 14.9 Å². The van der Waals surface area contributed by atoms with Gasteiger partial charge in [-0.05, 0) is 49.1 Å². The Morgan fingerprint density at radius 3 is 2.70 bits per heavy atom. The highest BCUT2D eigenvalue weighted by atomic mass is 32.2. The third kappa shape index (κ3) is 4.93. The molecule has 7 nitrogen and oxygen atoms in total. The largest absolute Gasteiger partial charge is 0.490 e. The van der Waals surface area contributed by atoms with E-state index in [0.717, 1.165) is 31.2 Å². The minimum atomic E-state index is -0.452. The second kappa shape index (κ2) is 8.93. The summed E-state index contributed by atoms with van der Waals surface area (Å²) in [5.41, 5.74) is 6.90. The number of nitrogens with two attached hydrogens (primary N) is 1. The molecule has 0 spiro atoms. The van der Waals surface area contributed by atoms with Gasteiger partial charge >= 0.3 is 5.69 Å². The quantitative estimate of drug-likeness (QED) is 0.545. The van der Waals surface area contributed by atoms with Gasteiger partial charge in [-0.3, -0.25) is 14.9 Å². The maximum absolute atomic E-state index is 12.4. The molecule has 2 fully saturated rings. The number of thioether (sulfide) groups is 1. The lowest BCUT2D eigenvalue weighted by molar-refractivity contribution is -0.385. The molecule has 0 radical (unpaired) electrons. The van der Waals surface area contributed by atoms with Crippen molar-refractivity contribution in [3.63, 3.8) is 0 Å². The number of hydrogen-bond acceptors (Lipinski definition) is 6. The zero-order valence-electron chi connectivity index (χ0n) is 15.6. The standard InChI is InChI=1S/C19H27N3O4S/c1-26-17-6-5-12(7-16(17)22(24)25)10-27-11-18(23)21-19-13-3-2-4-14(19)9-15(20)8-13/h5-7,13-15,19H,2-4,8-11,20H2,1H3,(H,21,23). The Morgan fingerprint density at radius 1 is 1.37 bits per heavy atom. The van der Waals surface area contributed by atoms with Crippen LogP contribution in [-0.4, -0.2) is 35.8 Å². The topological polar surface area (TPSA) is 107 Å². The van der Waals surface area contributed by atoms with E-state index in [4.69, 9.17) is 10.5 Å². The Bertz CT molecular complexity index is 686. The Hall–Kier alpha value is -1.80. The van der Waals surface area contributed by atoms with Crippen molar-refractivity contribution in [3.8, 4) is 5.75 Å². The Morgan fingerprint density at radius 2 is 2.07 bits per heavy atom. The van der Waals surface area contributed by atoms with E-state index in [2.05, 4.69) is 5.32 Å². The first-order valence-corrected chi connectivity index (χ1v) is 10.6. The zero-order chi connectivity index (χ0) is 19.4. The Balaban J connectivity index is 1.50. The van der Waals surface area contributed by atoms with Crippen LogP contribution in [0.1, 0.15) is 37.7 Å². The second-order valence-electron chi connectivity index (χ2n) is 7.53. The molecule has 0 heterocycles. The van der Waals surface area contributed by atoms with Crippen LogP contribution in [0.15, 0.2) is 18.2 Å². The molecule has 0 saturated heterocycles. The van der Waals surface area contributed by atoms with Gasteiger partial charge in [0.1, 0.15) is 0 Å². The first-order chi connectivity index (χ1) is 13.0. The van der Waals surface area contributed by atoms with E-state index in [1.165, 1.54) is 31.4 Å². The molecule has 1 aromatic carbocycles. The first-order valence-electron chi connectivity index (χ1n) is 9.42. The molecule has 3 N–H and O–H groups in total. The number of nitro benzene ring substituents is 1. The van der Waals surface area contributed by atoms with Crippen molar-refractivity contribution >= 4 is 23.4 Å². The number of methoxy groups -OCH3 is 1. The normalized spacial score (nSPS) is 27.0. The van der Waals surface area contributed by atoms with Crippen molar-refractivity contribution in [2.24, 2.45) is 17.6 Å². The number of hydrogen-bond donors (Lipinski definition) is 2. The van der Waals surface area contributed by atoms with Gasteiger partial charge in [-0.1, -0.05) is 12.5 Å². The lowest BCUT2D eigenvalue weighted by Gasteiger charge is -2.45. The van der Waals surface area contributed by atoms with Crippen LogP contribution >= 0.6 is 11.8 Å². The minimum absolute atomic E-state index is 0.0420. The minimum Gasteiger partial charge on any atom is -0.490 e. The van der Waals surface area contributed by atoms with Gasteiger partial charge in [-0.25, -0.2) is 0 Å². The monoisotopic (exact) mass is 393 g/mol. The van der Waals surface area contributed by atoms with Crippen molar-refractivity contribution in [2.75, 3.05) is 12.9 Å². The molecule has 2 unspecified atom stereocenters. The van der Waals surface area contributed by atoms with Crippen LogP contribution in [0.2, 0.25) is 0 Å². The average molecular weight is 394 g/mol. The van der Waals surface area contributed by atoms with Gasteiger partial charge in [0.2, 0.25) is 5.91 Å². The first kappa shape index (κ1) is 19.9. The lowest BCUT2D eigenvalue weighted by Crippen LogP contribution is -2.54. The molecule has 2 aliphatic rings. The van der Waals surface area contributed by atoms with Crippen molar-refractivity contribution in [1.82, 2.24) is 5.32 Å². The molecule has 2 aliphatic carbocycles. The summed E-state index contributed by atoms with van der Waals surface area (Å²) in [5.74, 6) is 2.19. The van der Waals surface area contributed by atoms with Crippen molar-refractivity contribution in [2.45, 2.75) is 49.9 Å². The highest BCUT2D eigenvalue weighted by Crippen LogP contribution is 2.39. The summed E-state index contributed by atoms with van der Waals surface area (Å²) in [6, 6.07) is 5.43. The molecular weight excluding hydrogens is 366 g/mol. The second-order valence-corrected chi connectivity index (χ2v) is 8.52. The van der Waals surface area contributed by atoms with Crippen molar-refractivity contribution in [3.05, 3.63) is 33.9 Å². The summed E-state index contributed by atoms with van der Waals surface area (Å²) in [5, 5.41) is 14.3. The van der Waals surface area contributed by atoms with Crippen molar-refractivity contribution in [1.29, 1.82) is 0 Å². The zero-order valence-corrected chi connectivity index (χ0v) is 16.4. The maximum Gasteiger partial charge on any atom is 0.311 e. The number of rotatable bonds is 7. The van der Waals surface area contributed by atoms with E-state index in [1.807, 2.05) is 0 Å². The third-order valence-corrected chi connectivity index (χ3v) is 6.65. The van der Waals surface area contributed by atoms with Crippen LogP contribution in [0, 0.1) is 22.0 Å². The van der Waals surface area contributed by atoms with Crippen LogP contribution in [-0.2, 0) is 10.5 Å². The number of carbonyl (C=O) groups is 1. The molecular formula is C19H27N3O4S. The van der Waals surface area contributed by atoms with Gasteiger partial charge < -0.3 is 15.8 Å². The fourth-order valence-electron chi connectivity index (χ4n) is 4.48. The summed E-state index contributed by atoms with van der Waals surface area (Å²) in [4.78, 5) is 23.0. The molecule has 1 aromatic rings. The van der Waals surface area contributed by atoms with E-state index >= 15 is 0 Å². The van der Waals surface area contributed by atoms with Crippen LogP contribution in [0.25, 0.3) is 0 Å². The maximum atomic E-state index is 12.4. The summed E-state index contributed by atoms with van der Waals surface area (Å²) in [7, 11) is 1.41. The molecule has 1 amide bonds. The van der Waals surface area contributed by atoms with Crippen LogP contribution < -0.4 is 15.8 Å². The van der Waals surface area contributed by atoms with E-state index in [0.29, 0.717) is 23.3 Å². The fourth-order valence-corrected chi connectivity index (χ4v) is 5.27. The Kier molecular flexibility index (Phi) is 6.59. The van der Waals surface area contributed by atoms with Gasteiger partial charge in [0.05, 0.1) is 17.8 Å². The van der Waals surface area contributed by atoms with Gasteiger partial charge in [0, 0.05) is 23.9 Å². The number of nitro groups is 1. The van der Waals surface area contributed by atoms with Crippen LogP contribution in [0.4, 0.5) is 5.69 Å². The number of nitrogens with zero attached hydrogens (tertiary/aromatic N) is 1. The predicted molar refractivity (Wildman–Crippen MR) is 106 cm³/mol. The number of benzene rings is 1. The number of fused-ring (bicyclic) bond motifs is 2. The summed E-state index contributed by atoms with van der Waals surface area (Å²) in [6.45, 7) is 0. The molecule has 0 aliphatic heterocycles. The van der Waals surface area contributed by atoms with Gasteiger partial charge in [-0.15, -0.1) is 11.8 Å². The van der Waals surface area contributed by atoms with Crippen molar-refractivity contribution < 1.29 is 14.5 Å². The predicted octanol–water partition coefficient (Wildman–Crippen LogP) is 2.86. The molecule has 2 atom stereocenters. The van der Waals surface area contributed by atoms with E-state index in [1.54, 1.807) is 12.1 Å². The average Bonchev–Trinajstić information content (AvgIpc) is 2.62.